The Hall–Kier alpha value is -2.64. The van der Waals surface area contributed by atoms with E-state index < -0.39 is 10.0 Å². The molecule has 0 aliphatic carbocycles. The molecule has 0 spiro atoms. The van der Waals surface area contributed by atoms with Gasteiger partial charge in [0.15, 0.2) is 0 Å². The third kappa shape index (κ3) is 5.43. The molecule has 0 radical (unpaired) electrons. The van der Waals surface area contributed by atoms with E-state index in [2.05, 4.69) is 14.7 Å². The van der Waals surface area contributed by atoms with Crippen LogP contribution in [0.1, 0.15) is 22.6 Å². The summed E-state index contributed by atoms with van der Waals surface area (Å²) in [5, 5.41) is 0. The van der Waals surface area contributed by atoms with Crippen molar-refractivity contribution in [2.24, 2.45) is 0 Å². The van der Waals surface area contributed by atoms with E-state index in [9.17, 15) is 8.42 Å². The molecule has 1 aromatic heterocycles. The normalized spacial score (nSPS) is 11.2. The molecule has 7 heteroatoms. The molecular weight excluding hydrogens is 390 g/mol. The Labute approximate surface area is 170 Å². The lowest BCUT2D eigenvalue weighted by molar-refractivity contribution is 0.601. The molecule has 0 unspecified atom stereocenters. The van der Waals surface area contributed by atoms with Crippen molar-refractivity contribution >= 4 is 32.9 Å². The monoisotopic (exact) mass is 411 g/mol. The summed E-state index contributed by atoms with van der Waals surface area (Å²) in [6.45, 7) is 3.51. The van der Waals surface area contributed by atoms with E-state index in [1.165, 1.54) is 5.56 Å². The highest BCUT2D eigenvalue weighted by molar-refractivity contribution is 7.92. The SMILES string of the molecule is Cc1cc(NS(=O)(=O)c2ccc(CC(=S)Cc3ccccc3)cc2)nc(C)n1. The minimum Gasteiger partial charge on any atom is -0.263 e. The van der Waals surface area contributed by atoms with Crippen LogP contribution < -0.4 is 4.72 Å². The summed E-state index contributed by atoms with van der Waals surface area (Å²) in [5.41, 5.74) is 2.85. The van der Waals surface area contributed by atoms with E-state index >= 15 is 0 Å². The van der Waals surface area contributed by atoms with Crippen LogP contribution in [-0.4, -0.2) is 23.3 Å². The number of hydrogen-bond acceptors (Lipinski definition) is 5. The number of anilines is 1. The second kappa shape index (κ2) is 8.58. The van der Waals surface area contributed by atoms with Gasteiger partial charge in [-0.15, -0.1) is 0 Å². The third-order valence-corrected chi connectivity index (χ3v) is 5.74. The van der Waals surface area contributed by atoms with Gasteiger partial charge < -0.3 is 0 Å². The van der Waals surface area contributed by atoms with Crippen LogP contribution >= 0.6 is 12.2 Å². The van der Waals surface area contributed by atoms with E-state index in [0.29, 0.717) is 17.9 Å². The molecule has 2 aromatic carbocycles. The zero-order chi connectivity index (χ0) is 20.1. The second-order valence-corrected chi connectivity index (χ2v) is 8.83. The highest BCUT2D eigenvalue weighted by Crippen LogP contribution is 2.17. The molecule has 0 saturated carbocycles. The van der Waals surface area contributed by atoms with Crippen LogP contribution in [0.25, 0.3) is 0 Å². The first kappa shape index (κ1) is 20.1. The number of aromatic nitrogens is 2. The van der Waals surface area contributed by atoms with Gasteiger partial charge in [-0.05, 0) is 37.1 Å². The molecule has 3 rings (SSSR count). The molecule has 3 aromatic rings. The maximum Gasteiger partial charge on any atom is 0.263 e. The molecule has 1 heterocycles. The molecule has 0 amide bonds. The van der Waals surface area contributed by atoms with Crippen molar-refractivity contribution in [3.8, 4) is 0 Å². The topological polar surface area (TPSA) is 72.0 Å². The summed E-state index contributed by atoms with van der Waals surface area (Å²) < 4.78 is 27.7. The number of benzene rings is 2. The Kier molecular flexibility index (Phi) is 6.16. The van der Waals surface area contributed by atoms with Crippen molar-refractivity contribution in [2.45, 2.75) is 31.6 Å². The van der Waals surface area contributed by atoms with Crippen molar-refractivity contribution in [2.75, 3.05) is 4.72 Å². The van der Waals surface area contributed by atoms with Gasteiger partial charge in [-0.2, -0.15) is 0 Å². The standard InChI is InChI=1S/C21H21N3O2S2/c1-15-12-21(23-16(2)22-15)24-28(25,26)20-10-8-18(9-11-20)14-19(27)13-17-6-4-3-5-7-17/h3-12H,13-14H2,1-2H3,(H,22,23,24). The Balaban J connectivity index is 1.68. The number of nitrogens with zero attached hydrogens (tertiary/aromatic N) is 2. The molecule has 0 aliphatic rings. The van der Waals surface area contributed by atoms with Crippen molar-refractivity contribution < 1.29 is 8.42 Å². The predicted molar refractivity (Wildman–Crippen MR) is 115 cm³/mol. The summed E-state index contributed by atoms with van der Waals surface area (Å²) in [6, 6.07) is 18.4. The van der Waals surface area contributed by atoms with Gasteiger partial charge in [0.2, 0.25) is 0 Å². The average molecular weight is 412 g/mol. The van der Waals surface area contributed by atoms with E-state index in [4.69, 9.17) is 12.2 Å². The van der Waals surface area contributed by atoms with Gasteiger partial charge in [-0.3, -0.25) is 4.72 Å². The fraction of sp³-hybridized carbons (Fsp3) is 0.190. The van der Waals surface area contributed by atoms with Crippen molar-refractivity contribution in [3.63, 3.8) is 0 Å². The number of nitrogens with one attached hydrogen (secondary N) is 1. The van der Waals surface area contributed by atoms with Crippen molar-refractivity contribution in [1.29, 1.82) is 0 Å². The zero-order valence-corrected chi connectivity index (χ0v) is 17.3. The summed E-state index contributed by atoms with van der Waals surface area (Å²) in [7, 11) is -3.71. The van der Waals surface area contributed by atoms with Crippen molar-refractivity contribution in [3.05, 3.63) is 83.3 Å². The number of sulfonamides is 1. The van der Waals surface area contributed by atoms with Gasteiger partial charge in [0.1, 0.15) is 11.6 Å². The predicted octanol–water partition coefficient (Wildman–Crippen LogP) is 4.05. The average Bonchev–Trinajstić information content (AvgIpc) is 2.61. The molecule has 0 atom stereocenters. The third-order valence-electron chi connectivity index (χ3n) is 4.08. The van der Waals surface area contributed by atoms with Gasteiger partial charge in [0.05, 0.1) is 4.90 Å². The maximum absolute atomic E-state index is 12.6. The Morgan fingerprint density at radius 2 is 1.54 bits per heavy atom. The number of rotatable bonds is 7. The van der Waals surface area contributed by atoms with Crippen LogP contribution in [0.15, 0.2) is 65.6 Å². The zero-order valence-electron chi connectivity index (χ0n) is 15.7. The highest BCUT2D eigenvalue weighted by atomic mass is 32.2. The van der Waals surface area contributed by atoms with Gasteiger partial charge in [-0.1, -0.05) is 54.7 Å². The van der Waals surface area contributed by atoms with Crippen LogP contribution in [0.5, 0.6) is 0 Å². The lowest BCUT2D eigenvalue weighted by Gasteiger charge is -2.10. The first-order valence-corrected chi connectivity index (χ1v) is 10.7. The molecule has 0 bridgehead atoms. The first-order chi connectivity index (χ1) is 13.3. The molecular formula is C21H21N3O2S2. The van der Waals surface area contributed by atoms with Gasteiger partial charge in [0, 0.05) is 29.5 Å². The highest BCUT2D eigenvalue weighted by Gasteiger charge is 2.15. The van der Waals surface area contributed by atoms with Crippen LogP contribution in [-0.2, 0) is 22.9 Å². The number of aryl methyl sites for hydroxylation is 2. The quantitative estimate of drug-likeness (QED) is 0.594. The summed E-state index contributed by atoms with van der Waals surface area (Å²) in [5.74, 6) is 0.776. The molecule has 144 valence electrons. The summed E-state index contributed by atoms with van der Waals surface area (Å²) in [6.07, 6.45) is 1.35. The second-order valence-electron chi connectivity index (χ2n) is 6.57. The largest absolute Gasteiger partial charge is 0.263 e. The lowest BCUT2D eigenvalue weighted by Crippen LogP contribution is -2.15. The molecule has 0 fully saturated rings. The smallest absolute Gasteiger partial charge is 0.263 e. The van der Waals surface area contributed by atoms with Gasteiger partial charge >= 0.3 is 0 Å². The molecule has 0 saturated heterocycles. The Morgan fingerprint density at radius 3 is 2.14 bits per heavy atom. The van der Waals surface area contributed by atoms with Crippen LogP contribution in [0.3, 0.4) is 0 Å². The molecule has 1 N–H and O–H groups in total. The van der Waals surface area contributed by atoms with Gasteiger partial charge in [-0.25, -0.2) is 18.4 Å². The van der Waals surface area contributed by atoms with Crippen LogP contribution in [0, 0.1) is 13.8 Å². The lowest BCUT2D eigenvalue weighted by atomic mass is 10.0. The first-order valence-electron chi connectivity index (χ1n) is 8.81. The minimum absolute atomic E-state index is 0.180. The number of thiocarbonyl (C=S) groups is 1. The Morgan fingerprint density at radius 1 is 0.929 bits per heavy atom. The minimum atomic E-state index is -3.71. The molecule has 5 nitrogen and oxygen atoms in total. The fourth-order valence-electron chi connectivity index (χ4n) is 2.87. The van der Waals surface area contributed by atoms with E-state index in [0.717, 1.165) is 16.8 Å². The molecule has 28 heavy (non-hydrogen) atoms. The maximum atomic E-state index is 12.6. The van der Waals surface area contributed by atoms with Gasteiger partial charge in [0.25, 0.3) is 10.0 Å². The molecule has 0 aliphatic heterocycles. The fourth-order valence-corrected chi connectivity index (χ4v) is 4.19. The Bertz CT molecular complexity index is 1060. The summed E-state index contributed by atoms with van der Waals surface area (Å²) >= 11 is 5.49. The van der Waals surface area contributed by atoms with Crippen molar-refractivity contribution in [1.82, 2.24) is 9.97 Å². The summed E-state index contributed by atoms with van der Waals surface area (Å²) in [4.78, 5) is 9.36. The van der Waals surface area contributed by atoms with E-state index in [-0.39, 0.29) is 10.7 Å². The number of hydrogen-bond donors (Lipinski definition) is 1. The van der Waals surface area contributed by atoms with Crippen LogP contribution in [0.4, 0.5) is 5.82 Å². The van der Waals surface area contributed by atoms with E-state index in [1.807, 2.05) is 30.3 Å². The van der Waals surface area contributed by atoms with Crippen LogP contribution in [0.2, 0.25) is 0 Å². The van der Waals surface area contributed by atoms with E-state index in [1.54, 1.807) is 44.2 Å².